The zero-order valence-electron chi connectivity index (χ0n) is 11.0. The molecule has 0 aromatic carbocycles. The summed E-state index contributed by atoms with van der Waals surface area (Å²) in [6.07, 6.45) is 7.44. The van der Waals surface area contributed by atoms with Crippen molar-refractivity contribution < 1.29 is 14.3 Å². The molecule has 0 saturated carbocycles. The first kappa shape index (κ1) is 15.7. The number of rotatable bonds is 7. The van der Waals surface area contributed by atoms with Crippen LogP contribution >= 0.6 is 0 Å². The van der Waals surface area contributed by atoms with Gasteiger partial charge in [-0.15, -0.1) is 0 Å². The molecule has 0 aliphatic rings. The highest BCUT2D eigenvalue weighted by Gasteiger charge is 2.01. The molecule has 96 valence electrons. The van der Waals surface area contributed by atoms with Gasteiger partial charge >= 0.3 is 5.97 Å². The van der Waals surface area contributed by atoms with Gasteiger partial charge in [0.2, 0.25) is 0 Å². The molecule has 0 heterocycles. The molecule has 3 heteroatoms. The Kier molecular flexibility index (Phi) is 10.4. The Bertz CT molecular complexity index is 284. The molecular formula is C14H22O3. The van der Waals surface area contributed by atoms with E-state index in [9.17, 15) is 4.79 Å². The van der Waals surface area contributed by atoms with Crippen molar-refractivity contribution in [1.82, 2.24) is 0 Å². The van der Waals surface area contributed by atoms with Crippen LogP contribution in [-0.4, -0.2) is 25.8 Å². The van der Waals surface area contributed by atoms with E-state index in [1.165, 1.54) is 0 Å². The topological polar surface area (TPSA) is 35.5 Å². The summed E-state index contributed by atoms with van der Waals surface area (Å²) in [6, 6.07) is 0. The van der Waals surface area contributed by atoms with Crippen LogP contribution in [-0.2, 0) is 14.3 Å². The zero-order valence-corrected chi connectivity index (χ0v) is 11.0. The van der Waals surface area contributed by atoms with Gasteiger partial charge in [0.25, 0.3) is 0 Å². The SMILES string of the molecule is CCCCCC#CC(=O)OC(C)/C=C/COC. The lowest BCUT2D eigenvalue weighted by Gasteiger charge is -2.04. The number of esters is 1. The van der Waals surface area contributed by atoms with Gasteiger partial charge in [0, 0.05) is 19.5 Å². The molecule has 0 rings (SSSR count). The molecular weight excluding hydrogens is 216 g/mol. The molecule has 0 aliphatic heterocycles. The second-order valence-electron chi connectivity index (χ2n) is 3.75. The Morgan fingerprint density at radius 3 is 2.82 bits per heavy atom. The monoisotopic (exact) mass is 238 g/mol. The second kappa shape index (κ2) is 11.2. The summed E-state index contributed by atoms with van der Waals surface area (Å²) < 4.78 is 9.89. The molecule has 3 nitrogen and oxygen atoms in total. The predicted molar refractivity (Wildman–Crippen MR) is 68.5 cm³/mol. The van der Waals surface area contributed by atoms with Crippen LogP contribution in [0.4, 0.5) is 0 Å². The van der Waals surface area contributed by atoms with Gasteiger partial charge in [-0.1, -0.05) is 31.8 Å². The van der Waals surface area contributed by atoms with Gasteiger partial charge in [-0.3, -0.25) is 0 Å². The molecule has 0 N–H and O–H groups in total. The lowest BCUT2D eigenvalue weighted by atomic mass is 10.2. The first-order valence-electron chi connectivity index (χ1n) is 6.05. The highest BCUT2D eigenvalue weighted by Crippen LogP contribution is 1.97. The minimum absolute atomic E-state index is 0.261. The maximum Gasteiger partial charge on any atom is 0.384 e. The molecule has 0 bridgehead atoms. The Hall–Kier alpha value is -1.27. The van der Waals surface area contributed by atoms with Crippen molar-refractivity contribution >= 4 is 5.97 Å². The van der Waals surface area contributed by atoms with Crippen molar-refractivity contribution in [3.8, 4) is 11.8 Å². The number of hydrogen-bond donors (Lipinski definition) is 0. The fourth-order valence-corrected chi connectivity index (χ4v) is 1.18. The molecule has 1 atom stereocenters. The fourth-order valence-electron chi connectivity index (χ4n) is 1.18. The number of methoxy groups -OCH3 is 1. The van der Waals surface area contributed by atoms with Crippen LogP contribution in [0.3, 0.4) is 0 Å². The Labute approximate surface area is 104 Å². The summed E-state index contributed by atoms with van der Waals surface area (Å²) in [5.74, 6) is 4.84. The van der Waals surface area contributed by atoms with Crippen LogP contribution in [0.5, 0.6) is 0 Å². The zero-order chi connectivity index (χ0) is 12.9. The maximum absolute atomic E-state index is 11.3. The maximum atomic E-state index is 11.3. The minimum Gasteiger partial charge on any atom is -0.449 e. The van der Waals surface area contributed by atoms with Gasteiger partial charge in [0.05, 0.1) is 6.61 Å². The van der Waals surface area contributed by atoms with Crippen LogP contribution in [0.2, 0.25) is 0 Å². The van der Waals surface area contributed by atoms with E-state index in [0.29, 0.717) is 6.61 Å². The third-order valence-electron chi connectivity index (χ3n) is 2.06. The normalized spacial score (nSPS) is 11.9. The predicted octanol–water partition coefficient (Wildman–Crippen LogP) is 2.70. The number of hydrogen-bond acceptors (Lipinski definition) is 3. The highest BCUT2D eigenvalue weighted by atomic mass is 16.5. The molecule has 0 spiro atoms. The van der Waals surface area contributed by atoms with E-state index >= 15 is 0 Å². The molecule has 0 radical (unpaired) electrons. The van der Waals surface area contributed by atoms with Crippen molar-refractivity contribution in [3.63, 3.8) is 0 Å². The van der Waals surface area contributed by atoms with Crippen molar-refractivity contribution in [1.29, 1.82) is 0 Å². The van der Waals surface area contributed by atoms with E-state index < -0.39 is 5.97 Å². The van der Waals surface area contributed by atoms with E-state index in [1.54, 1.807) is 20.1 Å². The Balaban J connectivity index is 3.76. The lowest BCUT2D eigenvalue weighted by Crippen LogP contribution is -2.10. The van der Waals surface area contributed by atoms with Gasteiger partial charge in [0.15, 0.2) is 0 Å². The summed E-state index contributed by atoms with van der Waals surface area (Å²) in [5.41, 5.74) is 0. The van der Waals surface area contributed by atoms with E-state index in [0.717, 1.165) is 25.7 Å². The molecule has 0 aliphatic carbocycles. The fraction of sp³-hybridized carbons (Fsp3) is 0.643. The van der Waals surface area contributed by atoms with Gasteiger partial charge in [-0.2, -0.15) is 0 Å². The highest BCUT2D eigenvalue weighted by molar-refractivity contribution is 5.88. The third-order valence-corrected chi connectivity index (χ3v) is 2.06. The quantitative estimate of drug-likeness (QED) is 0.225. The van der Waals surface area contributed by atoms with Crippen LogP contribution < -0.4 is 0 Å². The average Bonchev–Trinajstić information content (AvgIpc) is 2.29. The van der Waals surface area contributed by atoms with Crippen molar-refractivity contribution in [2.75, 3.05) is 13.7 Å². The third kappa shape index (κ3) is 11.0. The molecule has 0 saturated heterocycles. The molecule has 0 amide bonds. The largest absolute Gasteiger partial charge is 0.449 e. The smallest absolute Gasteiger partial charge is 0.384 e. The number of unbranched alkanes of at least 4 members (excludes halogenated alkanes) is 3. The van der Waals surface area contributed by atoms with Crippen LogP contribution in [0.1, 0.15) is 39.5 Å². The number of ether oxygens (including phenoxy) is 2. The minimum atomic E-state index is -0.462. The van der Waals surface area contributed by atoms with Crippen LogP contribution in [0.25, 0.3) is 0 Å². The van der Waals surface area contributed by atoms with Crippen molar-refractivity contribution in [3.05, 3.63) is 12.2 Å². The molecule has 17 heavy (non-hydrogen) atoms. The summed E-state index contributed by atoms with van der Waals surface area (Å²) in [4.78, 5) is 11.3. The van der Waals surface area contributed by atoms with E-state index in [2.05, 4.69) is 18.8 Å². The van der Waals surface area contributed by atoms with Crippen molar-refractivity contribution in [2.45, 2.75) is 45.6 Å². The summed E-state index contributed by atoms with van der Waals surface area (Å²) in [7, 11) is 1.61. The summed E-state index contributed by atoms with van der Waals surface area (Å²) in [6.45, 7) is 4.45. The molecule has 0 aromatic heterocycles. The number of carbonyl (C=O) groups excluding carboxylic acids is 1. The van der Waals surface area contributed by atoms with Gasteiger partial charge in [-0.05, 0) is 19.4 Å². The van der Waals surface area contributed by atoms with E-state index in [1.807, 2.05) is 6.08 Å². The van der Waals surface area contributed by atoms with Gasteiger partial charge in [-0.25, -0.2) is 4.79 Å². The first-order valence-corrected chi connectivity index (χ1v) is 6.05. The second-order valence-corrected chi connectivity index (χ2v) is 3.75. The van der Waals surface area contributed by atoms with Gasteiger partial charge < -0.3 is 9.47 Å². The van der Waals surface area contributed by atoms with Crippen molar-refractivity contribution in [2.24, 2.45) is 0 Å². The van der Waals surface area contributed by atoms with Crippen LogP contribution in [0, 0.1) is 11.8 Å². The van der Waals surface area contributed by atoms with Gasteiger partial charge in [0.1, 0.15) is 6.10 Å². The Morgan fingerprint density at radius 1 is 1.41 bits per heavy atom. The number of carbonyl (C=O) groups is 1. The van der Waals surface area contributed by atoms with E-state index in [4.69, 9.17) is 9.47 Å². The summed E-state index contributed by atoms with van der Waals surface area (Å²) >= 11 is 0. The van der Waals surface area contributed by atoms with E-state index in [-0.39, 0.29) is 6.10 Å². The molecule has 0 aromatic rings. The average molecular weight is 238 g/mol. The first-order chi connectivity index (χ1) is 8.20. The molecule has 0 fully saturated rings. The standard InChI is InChI=1S/C14H22O3/c1-4-5-6-7-8-11-14(15)17-13(2)10-9-12-16-3/h9-10,13H,4-7,12H2,1-3H3/b10-9+. The molecule has 1 unspecified atom stereocenters. The summed E-state index contributed by atoms with van der Waals surface area (Å²) in [5, 5.41) is 0. The Morgan fingerprint density at radius 2 is 2.18 bits per heavy atom. The lowest BCUT2D eigenvalue weighted by molar-refractivity contribution is -0.139. The van der Waals surface area contributed by atoms with Crippen LogP contribution in [0.15, 0.2) is 12.2 Å².